The summed E-state index contributed by atoms with van der Waals surface area (Å²) in [5.74, 6) is 0.954. The maximum absolute atomic E-state index is 12.6. The number of benzene rings is 2. The normalized spacial score (nSPS) is 14.2. The van der Waals surface area contributed by atoms with Crippen LogP contribution in [-0.4, -0.2) is 54.2 Å². The number of hydrogen-bond acceptors (Lipinski definition) is 5. The number of carbonyl (C=O) groups is 2. The molecule has 0 spiro atoms. The number of amides is 2. The Hall–Kier alpha value is -3.06. The zero-order valence-corrected chi connectivity index (χ0v) is 18.1. The van der Waals surface area contributed by atoms with E-state index >= 15 is 0 Å². The second kappa shape index (κ2) is 10.8. The molecule has 0 bridgehead atoms. The predicted octanol–water partition coefficient (Wildman–Crippen LogP) is 3.26. The molecule has 7 heteroatoms. The van der Waals surface area contributed by atoms with Gasteiger partial charge in [0.25, 0.3) is 5.91 Å². The van der Waals surface area contributed by atoms with Crippen molar-refractivity contribution in [1.82, 2.24) is 4.90 Å². The number of anilines is 1. The fraction of sp³-hybridized carbons (Fsp3) is 0.417. The zero-order valence-electron chi connectivity index (χ0n) is 18.1. The first kappa shape index (κ1) is 22.6. The van der Waals surface area contributed by atoms with Crippen LogP contribution in [0.5, 0.6) is 11.5 Å². The van der Waals surface area contributed by atoms with Crippen molar-refractivity contribution in [3.05, 3.63) is 53.6 Å². The molecule has 1 fully saturated rings. The van der Waals surface area contributed by atoms with Gasteiger partial charge in [0.1, 0.15) is 0 Å². The smallest absolute Gasteiger partial charge is 0.255 e. The van der Waals surface area contributed by atoms with E-state index in [-0.39, 0.29) is 17.9 Å². The van der Waals surface area contributed by atoms with Crippen molar-refractivity contribution < 1.29 is 24.2 Å². The first-order valence-corrected chi connectivity index (χ1v) is 10.8. The predicted molar refractivity (Wildman–Crippen MR) is 119 cm³/mol. The second-order valence-electron chi connectivity index (χ2n) is 7.47. The topological polar surface area (TPSA) is 88.1 Å². The average molecular weight is 427 g/mol. The van der Waals surface area contributed by atoms with Crippen LogP contribution in [0.1, 0.15) is 42.6 Å². The highest BCUT2D eigenvalue weighted by Gasteiger charge is 2.21. The third kappa shape index (κ3) is 6.21. The Kier molecular flexibility index (Phi) is 7.89. The first-order chi connectivity index (χ1) is 15.0. The van der Waals surface area contributed by atoms with Gasteiger partial charge in [-0.05, 0) is 62.6 Å². The molecular formula is C24H30N2O5. The Labute approximate surface area is 183 Å². The van der Waals surface area contributed by atoms with E-state index in [0.29, 0.717) is 68.3 Å². The number of carbonyl (C=O) groups excluding carboxylic acids is 2. The highest BCUT2D eigenvalue weighted by atomic mass is 16.5. The molecule has 31 heavy (non-hydrogen) atoms. The fourth-order valence-electron chi connectivity index (χ4n) is 3.50. The van der Waals surface area contributed by atoms with Gasteiger partial charge in [0.2, 0.25) is 5.91 Å². The quantitative estimate of drug-likeness (QED) is 0.677. The average Bonchev–Trinajstić information content (AvgIpc) is 2.77. The number of hydrogen-bond donors (Lipinski definition) is 2. The third-order valence-electron chi connectivity index (χ3n) is 5.19. The molecule has 1 saturated heterocycles. The summed E-state index contributed by atoms with van der Waals surface area (Å²) in [6.07, 6.45) is 1.27. The lowest BCUT2D eigenvalue weighted by atomic mass is 10.1. The van der Waals surface area contributed by atoms with E-state index in [1.54, 1.807) is 35.2 Å². The molecular weight excluding hydrogens is 396 g/mol. The summed E-state index contributed by atoms with van der Waals surface area (Å²) in [6.45, 7) is 5.96. The minimum absolute atomic E-state index is 0.0570. The molecule has 1 aliphatic rings. The molecule has 0 unspecified atom stereocenters. The number of aliphatic hydroxyl groups excluding tert-OH is 1. The van der Waals surface area contributed by atoms with Crippen LogP contribution in [-0.2, 0) is 11.2 Å². The number of nitrogens with one attached hydrogen (secondary N) is 1. The molecule has 2 aromatic carbocycles. The van der Waals surface area contributed by atoms with Gasteiger partial charge in [-0.3, -0.25) is 9.59 Å². The van der Waals surface area contributed by atoms with E-state index in [1.807, 2.05) is 26.0 Å². The molecule has 0 aliphatic carbocycles. The molecule has 1 aliphatic heterocycles. The summed E-state index contributed by atoms with van der Waals surface area (Å²) in [4.78, 5) is 26.9. The Balaban J connectivity index is 1.59. The van der Waals surface area contributed by atoms with E-state index in [9.17, 15) is 14.7 Å². The van der Waals surface area contributed by atoms with Gasteiger partial charge < -0.3 is 24.8 Å². The number of ether oxygens (including phenoxy) is 2. The van der Waals surface area contributed by atoms with Crippen LogP contribution in [0.4, 0.5) is 5.69 Å². The van der Waals surface area contributed by atoms with Gasteiger partial charge in [-0.15, -0.1) is 0 Å². The highest BCUT2D eigenvalue weighted by molar-refractivity contribution is 6.04. The molecule has 0 aromatic heterocycles. The lowest BCUT2D eigenvalue weighted by molar-refractivity contribution is -0.132. The molecule has 2 aromatic rings. The molecule has 3 rings (SSSR count). The summed E-state index contributed by atoms with van der Waals surface area (Å²) in [6, 6.07) is 12.4. The lowest BCUT2D eigenvalue weighted by Gasteiger charge is -2.29. The van der Waals surface area contributed by atoms with Gasteiger partial charge in [-0.1, -0.05) is 12.1 Å². The van der Waals surface area contributed by atoms with E-state index in [0.717, 1.165) is 5.56 Å². The third-order valence-corrected chi connectivity index (χ3v) is 5.19. The van der Waals surface area contributed by atoms with Gasteiger partial charge in [-0.25, -0.2) is 0 Å². The van der Waals surface area contributed by atoms with Gasteiger partial charge in [0, 0.05) is 24.3 Å². The highest BCUT2D eigenvalue weighted by Crippen LogP contribution is 2.29. The minimum Gasteiger partial charge on any atom is -0.490 e. The van der Waals surface area contributed by atoms with Crippen LogP contribution in [0.2, 0.25) is 0 Å². The number of nitrogens with zero attached hydrogens (tertiary/aromatic N) is 1. The maximum Gasteiger partial charge on any atom is 0.255 e. The van der Waals surface area contributed by atoms with Crippen LogP contribution in [0.25, 0.3) is 0 Å². The number of piperidine rings is 1. The lowest BCUT2D eigenvalue weighted by Crippen LogP contribution is -2.40. The van der Waals surface area contributed by atoms with Crippen molar-refractivity contribution >= 4 is 17.5 Å². The molecule has 0 saturated carbocycles. The van der Waals surface area contributed by atoms with Gasteiger partial charge in [0.05, 0.1) is 25.7 Å². The van der Waals surface area contributed by atoms with Crippen LogP contribution in [0, 0.1) is 0 Å². The Bertz CT molecular complexity index is 889. The Morgan fingerprint density at radius 3 is 2.29 bits per heavy atom. The van der Waals surface area contributed by atoms with Gasteiger partial charge in [0.15, 0.2) is 11.5 Å². The van der Waals surface area contributed by atoms with Crippen molar-refractivity contribution in [2.45, 2.75) is 39.2 Å². The van der Waals surface area contributed by atoms with Crippen LogP contribution < -0.4 is 14.8 Å². The van der Waals surface area contributed by atoms with E-state index in [1.165, 1.54) is 0 Å². The monoisotopic (exact) mass is 426 g/mol. The minimum atomic E-state index is -0.299. The molecule has 166 valence electrons. The zero-order chi connectivity index (χ0) is 22.2. The van der Waals surface area contributed by atoms with Crippen molar-refractivity contribution in [3.63, 3.8) is 0 Å². The number of rotatable bonds is 8. The van der Waals surface area contributed by atoms with Gasteiger partial charge in [-0.2, -0.15) is 0 Å². The molecule has 1 heterocycles. The summed E-state index contributed by atoms with van der Waals surface area (Å²) in [5, 5.41) is 12.4. The molecule has 0 atom stereocenters. The summed E-state index contributed by atoms with van der Waals surface area (Å²) >= 11 is 0. The SMILES string of the molecule is CCOc1ccc(C(=O)Nc2ccc(CC(=O)N3CCC(O)CC3)cc2)cc1OCC. The van der Waals surface area contributed by atoms with E-state index < -0.39 is 0 Å². The van der Waals surface area contributed by atoms with Crippen molar-refractivity contribution in [2.24, 2.45) is 0 Å². The van der Waals surface area contributed by atoms with Crippen LogP contribution >= 0.6 is 0 Å². The van der Waals surface area contributed by atoms with Crippen molar-refractivity contribution in [3.8, 4) is 11.5 Å². The Morgan fingerprint density at radius 1 is 1.00 bits per heavy atom. The van der Waals surface area contributed by atoms with Crippen LogP contribution in [0.15, 0.2) is 42.5 Å². The molecule has 7 nitrogen and oxygen atoms in total. The Morgan fingerprint density at radius 2 is 1.65 bits per heavy atom. The van der Waals surface area contributed by atoms with Gasteiger partial charge >= 0.3 is 0 Å². The standard InChI is InChI=1S/C24H30N2O5/c1-3-30-21-10-7-18(16-22(21)31-4-2)24(29)25-19-8-5-17(6-9-19)15-23(28)26-13-11-20(27)12-14-26/h5-10,16,20,27H,3-4,11-15H2,1-2H3,(H,25,29). The number of likely N-dealkylation sites (tertiary alicyclic amines) is 1. The molecule has 2 N–H and O–H groups in total. The van der Waals surface area contributed by atoms with Crippen molar-refractivity contribution in [1.29, 1.82) is 0 Å². The largest absolute Gasteiger partial charge is 0.490 e. The summed E-state index contributed by atoms with van der Waals surface area (Å²) in [7, 11) is 0. The van der Waals surface area contributed by atoms with E-state index in [4.69, 9.17) is 9.47 Å². The fourth-order valence-corrected chi connectivity index (χ4v) is 3.50. The summed E-state index contributed by atoms with van der Waals surface area (Å²) in [5.41, 5.74) is 2.00. The molecule has 0 radical (unpaired) electrons. The van der Waals surface area contributed by atoms with E-state index in [2.05, 4.69) is 5.32 Å². The first-order valence-electron chi connectivity index (χ1n) is 10.8. The second-order valence-corrected chi connectivity index (χ2v) is 7.47. The molecule has 2 amide bonds. The van der Waals surface area contributed by atoms with Crippen molar-refractivity contribution in [2.75, 3.05) is 31.6 Å². The summed E-state index contributed by atoms with van der Waals surface area (Å²) < 4.78 is 11.1. The van der Waals surface area contributed by atoms with Crippen LogP contribution in [0.3, 0.4) is 0 Å². The maximum atomic E-state index is 12.6. The number of aliphatic hydroxyl groups is 1.